The minimum Gasteiger partial charge on any atom is -0.744 e. The normalized spacial score (nSPS) is 16.4. The highest BCUT2D eigenvalue weighted by Gasteiger charge is 2.23. The minimum atomic E-state index is -4.82. The van der Waals surface area contributed by atoms with Gasteiger partial charge in [-0.2, -0.15) is 0 Å². The van der Waals surface area contributed by atoms with E-state index in [1.807, 2.05) is 0 Å². The number of allylic oxidation sites excluding steroid dienone is 5. The molecule has 3 rings (SSSR count). The van der Waals surface area contributed by atoms with Gasteiger partial charge < -0.3 is 9.66 Å². The minimum absolute atomic E-state index is 0.0000515. The topological polar surface area (TPSA) is 94.5 Å². The van der Waals surface area contributed by atoms with Crippen LogP contribution in [0, 0.1) is 0 Å². The van der Waals surface area contributed by atoms with Gasteiger partial charge in [0.05, 0.1) is 23.9 Å². The van der Waals surface area contributed by atoms with Crippen LogP contribution in [0.5, 0.6) is 5.75 Å². The molecule has 0 bridgehead atoms. The fraction of sp³-hybridized carbons (Fsp3) is 0. The molecule has 5 nitrogen and oxygen atoms in total. The van der Waals surface area contributed by atoms with Crippen LogP contribution in [-0.4, -0.2) is 23.9 Å². The Labute approximate surface area is 193 Å². The molecular formula is C19H9Br2Cl2O5S-. The van der Waals surface area contributed by atoms with Gasteiger partial charge in [-0.3, -0.25) is 4.79 Å². The highest BCUT2D eigenvalue weighted by Crippen LogP contribution is 2.41. The molecule has 1 N–H and O–H groups in total. The van der Waals surface area contributed by atoms with Crippen molar-refractivity contribution in [3.8, 4) is 5.75 Å². The molecule has 1 aliphatic carbocycles. The van der Waals surface area contributed by atoms with Gasteiger partial charge in [-0.05, 0) is 78.9 Å². The highest BCUT2D eigenvalue weighted by atomic mass is 79.9. The van der Waals surface area contributed by atoms with E-state index in [2.05, 4.69) is 31.9 Å². The van der Waals surface area contributed by atoms with Crippen molar-refractivity contribution in [1.29, 1.82) is 0 Å². The Hall–Kier alpha value is -1.42. The van der Waals surface area contributed by atoms with E-state index in [9.17, 15) is 22.9 Å². The fourth-order valence-corrected chi connectivity index (χ4v) is 5.05. The Kier molecular flexibility index (Phi) is 6.43. The molecule has 0 amide bonds. The Morgan fingerprint density at radius 1 is 1.07 bits per heavy atom. The maximum atomic E-state index is 12.0. The molecule has 0 saturated heterocycles. The molecule has 0 fully saturated rings. The van der Waals surface area contributed by atoms with Crippen molar-refractivity contribution in [3.63, 3.8) is 0 Å². The third kappa shape index (κ3) is 4.52. The SMILES string of the molecule is O=C1C(Cl)=C/C(=C(\c2cc(Cl)c(O)c(Br)c2)c2ccccc2S(=O)(=O)[O-])C=C1Br. The van der Waals surface area contributed by atoms with E-state index in [0.717, 1.165) is 0 Å². The van der Waals surface area contributed by atoms with Crippen molar-refractivity contribution in [2.45, 2.75) is 4.90 Å². The van der Waals surface area contributed by atoms with Crippen LogP contribution in [0.15, 0.2) is 73.0 Å². The van der Waals surface area contributed by atoms with E-state index >= 15 is 0 Å². The molecule has 1 aliphatic rings. The number of rotatable bonds is 3. The first kappa shape index (κ1) is 22.3. The summed E-state index contributed by atoms with van der Waals surface area (Å²) in [6.07, 6.45) is 2.83. The summed E-state index contributed by atoms with van der Waals surface area (Å²) in [7, 11) is -4.82. The number of carbonyl (C=O) groups is 1. The molecule has 0 unspecified atom stereocenters. The zero-order chi connectivity index (χ0) is 21.5. The van der Waals surface area contributed by atoms with E-state index in [1.165, 1.54) is 42.5 Å². The quantitative estimate of drug-likeness (QED) is 0.485. The van der Waals surface area contributed by atoms with Gasteiger partial charge in [0, 0.05) is 5.56 Å². The first-order valence-electron chi connectivity index (χ1n) is 7.77. The van der Waals surface area contributed by atoms with Crippen molar-refractivity contribution in [2.75, 3.05) is 0 Å². The smallest absolute Gasteiger partial charge is 0.211 e. The van der Waals surface area contributed by atoms with Gasteiger partial charge in [0.2, 0.25) is 5.78 Å². The average Bonchev–Trinajstić information content (AvgIpc) is 2.64. The molecule has 10 heteroatoms. The predicted octanol–water partition coefficient (Wildman–Crippen LogP) is 5.50. The molecule has 0 aliphatic heterocycles. The van der Waals surface area contributed by atoms with E-state index in [0.29, 0.717) is 11.1 Å². The Bertz CT molecular complexity index is 1200. The summed E-state index contributed by atoms with van der Waals surface area (Å²) in [5.74, 6) is -0.641. The number of hydrogen-bond donors (Lipinski definition) is 1. The van der Waals surface area contributed by atoms with Gasteiger partial charge in [-0.1, -0.05) is 41.4 Å². The molecule has 0 atom stereocenters. The van der Waals surface area contributed by atoms with E-state index < -0.39 is 20.8 Å². The van der Waals surface area contributed by atoms with Gasteiger partial charge in [0.25, 0.3) is 0 Å². The molecule has 0 radical (unpaired) electrons. The van der Waals surface area contributed by atoms with Crippen LogP contribution in [-0.2, 0) is 14.9 Å². The number of phenolic OH excluding ortho intramolecular Hbond substituents is 1. The first-order valence-corrected chi connectivity index (χ1v) is 11.5. The van der Waals surface area contributed by atoms with Crippen LogP contribution in [0.1, 0.15) is 11.1 Å². The molecular weight excluding hydrogens is 571 g/mol. The van der Waals surface area contributed by atoms with Gasteiger partial charge in [-0.15, -0.1) is 0 Å². The van der Waals surface area contributed by atoms with Gasteiger partial charge in [-0.25, -0.2) is 8.42 Å². The van der Waals surface area contributed by atoms with Crippen LogP contribution in [0.3, 0.4) is 0 Å². The molecule has 29 heavy (non-hydrogen) atoms. The highest BCUT2D eigenvalue weighted by molar-refractivity contribution is 9.12. The standard InChI is InChI=1S/C19H10Br2Cl2O5S/c20-12-5-9(7-14(22)18(12)24)17(10-6-13(21)19(25)15(23)8-10)11-3-1-2-4-16(11)29(26,27)28/h1-8,24H,(H,26,27,28)/p-1/b17-10+. The number of Topliss-reactive ketones (excluding diaryl/α,β-unsaturated/α-hetero) is 1. The summed E-state index contributed by atoms with van der Waals surface area (Å²) in [5.41, 5.74) is 1.13. The monoisotopic (exact) mass is 577 g/mol. The van der Waals surface area contributed by atoms with Crippen LogP contribution >= 0.6 is 55.1 Å². The summed E-state index contributed by atoms with van der Waals surface area (Å²) in [5, 5.41) is 9.86. The van der Waals surface area contributed by atoms with Crippen molar-refractivity contribution >= 4 is 76.5 Å². The van der Waals surface area contributed by atoms with Crippen LogP contribution in [0.2, 0.25) is 5.02 Å². The van der Waals surface area contributed by atoms with Gasteiger partial charge >= 0.3 is 0 Å². The lowest BCUT2D eigenvalue weighted by molar-refractivity contribution is -0.111. The molecule has 2 aromatic carbocycles. The lowest BCUT2D eigenvalue weighted by Crippen LogP contribution is -2.07. The van der Waals surface area contributed by atoms with Crippen LogP contribution in [0.25, 0.3) is 5.57 Å². The summed E-state index contributed by atoms with van der Waals surface area (Å²) in [6, 6.07) is 8.57. The predicted molar refractivity (Wildman–Crippen MR) is 117 cm³/mol. The molecule has 0 aromatic heterocycles. The van der Waals surface area contributed by atoms with Gasteiger partial charge in [0.15, 0.2) is 0 Å². The number of aromatic hydroxyl groups is 1. The molecule has 150 valence electrons. The molecule has 0 spiro atoms. The number of benzene rings is 2. The number of ketones is 1. The summed E-state index contributed by atoms with van der Waals surface area (Å²) >= 11 is 18.5. The maximum absolute atomic E-state index is 12.0. The average molecular weight is 580 g/mol. The second kappa shape index (κ2) is 8.37. The number of halogens is 4. The Morgan fingerprint density at radius 2 is 1.72 bits per heavy atom. The zero-order valence-electron chi connectivity index (χ0n) is 14.1. The summed E-state index contributed by atoms with van der Waals surface area (Å²) in [6.45, 7) is 0. The van der Waals surface area contributed by atoms with Crippen molar-refractivity contribution in [2.24, 2.45) is 0 Å². The van der Waals surface area contributed by atoms with E-state index in [1.54, 1.807) is 6.07 Å². The summed E-state index contributed by atoms with van der Waals surface area (Å²) < 4.78 is 36.0. The third-order valence-electron chi connectivity index (χ3n) is 4.02. The van der Waals surface area contributed by atoms with Crippen LogP contribution in [0.4, 0.5) is 0 Å². The number of carbonyl (C=O) groups excluding carboxylic acids is 1. The third-order valence-corrected chi connectivity index (χ3v) is 6.68. The van der Waals surface area contributed by atoms with Gasteiger partial charge in [0.1, 0.15) is 15.9 Å². The fourth-order valence-electron chi connectivity index (χ4n) is 2.78. The Morgan fingerprint density at radius 3 is 2.31 bits per heavy atom. The van der Waals surface area contributed by atoms with Crippen molar-refractivity contribution in [3.05, 3.63) is 84.3 Å². The Balaban J connectivity index is 2.47. The molecule has 2 aromatic rings. The number of phenols is 1. The molecule has 0 saturated carbocycles. The molecule has 0 heterocycles. The number of hydrogen-bond acceptors (Lipinski definition) is 5. The summed E-state index contributed by atoms with van der Waals surface area (Å²) in [4.78, 5) is 11.5. The van der Waals surface area contributed by atoms with Crippen LogP contribution < -0.4 is 0 Å². The van der Waals surface area contributed by atoms with Crippen molar-refractivity contribution in [1.82, 2.24) is 0 Å². The van der Waals surface area contributed by atoms with E-state index in [4.69, 9.17) is 23.2 Å². The lowest BCUT2D eigenvalue weighted by Gasteiger charge is -2.20. The zero-order valence-corrected chi connectivity index (χ0v) is 19.6. The van der Waals surface area contributed by atoms with E-state index in [-0.39, 0.29) is 35.9 Å². The van der Waals surface area contributed by atoms with Crippen molar-refractivity contribution < 1.29 is 22.9 Å². The second-order valence-electron chi connectivity index (χ2n) is 5.88. The largest absolute Gasteiger partial charge is 0.744 e. The second-order valence-corrected chi connectivity index (χ2v) is 9.75. The maximum Gasteiger partial charge on any atom is 0.211 e. The lowest BCUT2D eigenvalue weighted by atomic mass is 9.90. The first-order chi connectivity index (χ1) is 13.5.